The number of anilines is 2. The molecule has 0 radical (unpaired) electrons. The second-order valence-corrected chi connectivity index (χ2v) is 6.76. The standard InChI is InChI=1S/C20H22F3N3O2/c1-12-2-5-17(16(22)10-12)25-19-14(3-4-15(21)18(19)23)20(28)26-8-6-13(26)11-24-7-9-27/h2-5,10,13,24-25,27H,6-9,11H2,1H3. The van der Waals surface area contributed by atoms with Crippen molar-refractivity contribution in [2.45, 2.75) is 19.4 Å². The number of carbonyl (C=O) groups is 1. The van der Waals surface area contributed by atoms with Crippen molar-refractivity contribution in [1.82, 2.24) is 10.2 Å². The molecule has 150 valence electrons. The van der Waals surface area contributed by atoms with Crippen molar-refractivity contribution in [2.24, 2.45) is 0 Å². The lowest BCUT2D eigenvalue weighted by atomic mass is 10.00. The predicted octanol–water partition coefficient (Wildman–Crippen LogP) is 2.95. The van der Waals surface area contributed by atoms with Crippen LogP contribution in [0.4, 0.5) is 24.5 Å². The average molecular weight is 393 g/mol. The molecule has 0 bridgehead atoms. The molecule has 1 aliphatic rings. The molecule has 1 aliphatic heterocycles. The summed E-state index contributed by atoms with van der Waals surface area (Å²) in [6.45, 7) is 3.08. The highest BCUT2D eigenvalue weighted by molar-refractivity contribution is 6.01. The van der Waals surface area contributed by atoms with Gasteiger partial charge in [0.05, 0.1) is 23.5 Å². The Balaban J connectivity index is 1.87. The van der Waals surface area contributed by atoms with E-state index in [4.69, 9.17) is 5.11 Å². The Morgan fingerprint density at radius 2 is 2.00 bits per heavy atom. The molecular weight excluding hydrogens is 371 g/mol. The Labute approximate surface area is 161 Å². The van der Waals surface area contributed by atoms with Gasteiger partial charge in [-0.15, -0.1) is 0 Å². The van der Waals surface area contributed by atoms with Crippen molar-refractivity contribution in [3.8, 4) is 0 Å². The highest BCUT2D eigenvalue weighted by atomic mass is 19.2. The average Bonchev–Trinajstić information content (AvgIpc) is 2.63. The van der Waals surface area contributed by atoms with Crippen molar-refractivity contribution in [3.63, 3.8) is 0 Å². The molecule has 1 saturated heterocycles. The lowest BCUT2D eigenvalue weighted by molar-refractivity contribution is 0.0462. The zero-order chi connectivity index (χ0) is 20.3. The van der Waals surface area contributed by atoms with Gasteiger partial charge in [-0.25, -0.2) is 13.2 Å². The van der Waals surface area contributed by atoms with Gasteiger partial charge in [0.15, 0.2) is 11.6 Å². The molecule has 0 aromatic heterocycles. The van der Waals surface area contributed by atoms with Gasteiger partial charge >= 0.3 is 0 Å². The van der Waals surface area contributed by atoms with Gasteiger partial charge in [-0.05, 0) is 43.2 Å². The van der Waals surface area contributed by atoms with Crippen LogP contribution < -0.4 is 10.6 Å². The molecule has 1 heterocycles. The largest absolute Gasteiger partial charge is 0.395 e. The predicted molar refractivity (Wildman–Crippen MR) is 100 cm³/mol. The van der Waals surface area contributed by atoms with Crippen molar-refractivity contribution in [1.29, 1.82) is 0 Å². The van der Waals surface area contributed by atoms with Crippen LogP contribution in [0.3, 0.4) is 0 Å². The molecule has 3 N–H and O–H groups in total. The van der Waals surface area contributed by atoms with Crippen LogP contribution in [0.15, 0.2) is 30.3 Å². The van der Waals surface area contributed by atoms with E-state index in [1.54, 1.807) is 17.9 Å². The highest BCUT2D eigenvalue weighted by Gasteiger charge is 2.34. The SMILES string of the molecule is Cc1ccc(Nc2c(C(=O)N3CCC3CNCCO)ccc(F)c2F)c(F)c1. The van der Waals surface area contributed by atoms with Crippen molar-refractivity contribution < 1.29 is 23.1 Å². The number of halogens is 3. The van der Waals surface area contributed by atoms with E-state index in [1.165, 1.54) is 18.2 Å². The number of hydrogen-bond acceptors (Lipinski definition) is 4. The molecule has 5 nitrogen and oxygen atoms in total. The van der Waals surface area contributed by atoms with E-state index < -0.39 is 23.4 Å². The molecule has 0 aliphatic carbocycles. The molecule has 0 saturated carbocycles. The fraction of sp³-hybridized carbons (Fsp3) is 0.350. The topological polar surface area (TPSA) is 64.6 Å². The summed E-state index contributed by atoms with van der Waals surface area (Å²) in [6.07, 6.45) is 0.767. The van der Waals surface area contributed by atoms with Gasteiger partial charge in [-0.2, -0.15) is 0 Å². The third kappa shape index (κ3) is 4.13. The third-order valence-corrected chi connectivity index (χ3v) is 4.78. The van der Waals surface area contributed by atoms with Gasteiger partial charge in [0.25, 0.3) is 5.91 Å². The van der Waals surface area contributed by atoms with E-state index in [2.05, 4.69) is 10.6 Å². The molecule has 28 heavy (non-hydrogen) atoms. The Bertz CT molecular complexity index is 876. The molecule has 2 aromatic rings. The molecule has 3 rings (SSSR count). The minimum atomic E-state index is -1.23. The molecule has 0 spiro atoms. The molecule has 8 heteroatoms. The maximum atomic E-state index is 14.5. The zero-order valence-electron chi connectivity index (χ0n) is 15.4. The molecule has 1 fully saturated rings. The summed E-state index contributed by atoms with van der Waals surface area (Å²) in [5, 5.41) is 14.4. The maximum Gasteiger partial charge on any atom is 0.256 e. The van der Waals surface area contributed by atoms with Crippen LogP contribution in [0.2, 0.25) is 0 Å². The van der Waals surface area contributed by atoms with Gasteiger partial charge in [0, 0.05) is 25.7 Å². The fourth-order valence-corrected chi connectivity index (χ4v) is 3.13. The summed E-state index contributed by atoms with van der Waals surface area (Å²) in [7, 11) is 0. The number of likely N-dealkylation sites (tertiary alicyclic amines) is 1. The minimum absolute atomic E-state index is 0.0139. The summed E-state index contributed by atoms with van der Waals surface area (Å²) in [5.74, 6) is -3.45. The number of aryl methyl sites for hydroxylation is 1. The second-order valence-electron chi connectivity index (χ2n) is 6.76. The normalized spacial score (nSPS) is 16.0. The van der Waals surface area contributed by atoms with E-state index in [0.717, 1.165) is 12.5 Å². The maximum absolute atomic E-state index is 14.5. The summed E-state index contributed by atoms with van der Waals surface area (Å²) in [4.78, 5) is 14.5. The van der Waals surface area contributed by atoms with Crippen LogP contribution in [0.1, 0.15) is 22.3 Å². The number of hydrogen-bond donors (Lipinski definition) is 3. The van der Waals surface area contributed by atoms with Gasteiger partial charge in [-0.1, -0.05) is 6.07 Å². The molecule has 2 aromatic carbocycles. The molecule has 1 unspecified atom stereocenters. The number of amides is 1. The zero-order valence-corrected chi connectivity index (χ0v) is 15.4. The Hall–Kier alpha value is -2.58. The van der Waals surface area contributed by atoms with Crippen molar-refractivity contribution in [3.05, 3.63) is 58.9 Å². The Morgan fingerprint density at radius 1 is 1.21 bits per heavy atom. The van der Waals surface area contributed by atoms with Crippen LogP contribution >= 0.6 is 0 Å². The smallest absolute Gasteiger partial charge is 0.256 e. The highest BCUT2D eigenvalue weighted by Crippen LogP contribution is 2.31. The van der Waals surface area contributed by atoms with Crippen LogP contribution in [0.25, 0.3) is 0 Å². The summed E-state index contributed by atoms with van der Waals surface area (Å²) >= 11 is 0. The summed E-state index contributed by atoms with van der Waals surface area (Å²) in [6, 6.07) is 6.29. The van der Waals surface area contributed by atoms with E-state index in [9.17, 15) is 18.0 Å². The first kappa shape index (κ1) is 20.2. The molecule has 1 amide bonds. The Morgan fingerprint density at radius 3 is 2.64 bits per heavy atom. The van der Waals surface area contributed by atoms with Crippen LogP contribution in [-0.2, 0) is 0 Å². The fourth-order valence-electron chi connectivity index (χ4n) is 3.13. The summed E-state index contributed by atoms with van der Waals surface area (Å²) < 4.78 is 42.5. The van der Waals surface area contributed by atoms with Gasteiger partial charge in [-0.3, -0.25) is 4.79 Å². The third-order valence-electron chi connectivity index (χ3n) is 4.78. The quantitative estimate of drug-likeness (QED) is 0.633. The monoisotopic (exact) mass is 393 g/mol. The number of benzene rings is 2. The van der Waals surface area contributed by atoms with Crippen LogP contribution in [-0.4, -0.2) is 48.2 Å². The summed E-state index contributed by atoms with van der Waals surface area (Å²) in [5.41, 5.74) is 0.180. The first-order valence-corrected chi connectivity index (χ1v) is 9.06. The van der Waals surface area contributed by atoms with Gasteiger partial charge < -0.3 is 20.6 Å². The van der Waals surface area contributed by atoms with Gasteiger partial charge in [0.2, 0.25) is 0 Å². The number of aliphatic hydroxyl groups is 1. The first-order valence-electron chi connectivity index (χ1n) is 9.06. The molecule has 1 atom stereocenters. The first-order chi connectivity index (χ1) is 13.4. The lowest BCUT2D eigenvalue weighted by Crippen LogP contribution is -2.55. The van der Waals surface area contributed by atoms with Crippen molar-refractivity contribution in [2.75, 3.05) is 31.6 Å². The van der Waals surface area contributed by atoms with E-state index in [-0.39, 0.29) is 29.6 Å². The molecular formula is C20H22F3N3O2. The second kappa shape index (κ2) is 8.62. The Kier molecular flexibility index (Phi) is 6.21. The van der Waals surface area contributed by atoms with Crippen LogP contribution in [0.5, 0.6) is 0 Å². The number of rotatable bonds is 7. The van der Waals surface area contributed by atoms with Crippen LogP contribution in [0, 0.1) is 24.4 Å². The lowest BCUT2D eigenvalue weighted by Gasteiger charge is -2.41. The minimum Gasteiger partial charge on any atom is -0.395 e. The van der Waals surface area contributed by atoms with E-state index in [0.29, 0.717) is 25.2 Å². The number of nitrogens with zero attached hydrogens (tertiary/aromatic N) is 1. The van der Waals surface area contributed by atoms with Gasteiger partial charge in [0.1, 0.15) is 5.82 Å². The number of aliphatic hydroxyl groups excluding tert-OH is 1. The van der Waals surface area contributed by atoms with E-state index in [1.807, 2.05) is 0 Å². The number of carbonyl (C=O) groups excluding carboxylic acids is 1. The van der Waals surface area contributed by atoms with Crippen molar-refractivity contribution >= 4 is 17.3 Å². The van der Waals surface area contributed by atoms with E-state index >= 15 is 0 Å². The number of nitrogens with one attached hydrogen (secondary N) is 2.